The van der Waals surface area contributed by atoms with Crippen LogP contribution in [-0.2, 0) is 4.79 Å². The van der Waals surface area contributed by atoms with Gasteiger partial charge in [0.15, 0.2) is 5.65 Å². The third-order valence-corrected chi connectivity index (χ3v) is 6.97. The van der Waals surface area contributed by atoms with E-state index in [9.17, 15) is 4.79 Å². The maximum absolute atomic E-state index is 12.3. The van der Waals surface area contributed by atoms with Gasteiger partial charge in [-0.15, -0.1) is 0 Å². The summed E-state index contributed by atoms with van der Waals surface area (Å²) >= 11 is 2.28. The summed E-state index contributed by atoms with van der Waals surface area (Å²) < 4.78 is 8.79. The lowest BCUT2D eigenvalue weighted by Gasteiger charge is -2.35. The third-order valence-electron chi connectivity index (χ3n) is 6.25. The average Bonchev–Trinajstić information content (AvgIpc) is 3.33. The zero-order chi connectivity index (χ0) is 25.9. The highest BCUT2D eigenvalue weighted by Crippen LogP contribution is 2.38. The monoisotopic (exact) mass is 610 g/mol. The summed E-state index contributed by atoms with van der Waals surface area (Å²) in [5.41, 5.74) is 4.48. The Morgan fingerprint density at radius 3 is 2.57 bits per heavy atom. The first-order valence-corrected chi connectivity index (χ1v) is 12.8. The van der Waals surface area contributed by atoms with Crippen LogP contribution >= 0.6 is 22.6 Å². The van der Waals surface area contributed by atoms with Gasteiger partial charge in [-0.25, -0.2) is 9.97 Å². The molecule has 4 aromatic rings. The zero-order valence-corrected chi connectivity index (χ0v) is 22.8. The molecule has 10 nitrogen and oxygen atoms in total. The van der Waals surface area contributed by atoms with E-state index in [0.717, 1.165) is 41.1 Å². The molecule has 3 heterocycles. The second kappa shape index (κ2) is 10.7. The van der Waals surface area contributed by atoms with E-state index in [2.05, 4.69) is 66.6 Å². The molecule has 1 fully saturated rings. The Morgan fingerprint density at radius 2 is 1.86 bits per heavy atom. The smallest absolute Gasteiger partial charge is 0.247 e. The topological polar surface area (TPSA) is 100 Å². The fourth-order valence-electron chi connectivity index (χ4n) is 4.21. The predicted octanol–water partition coefficient (Wildman–Crippen LogP) is 4.05. The molecule has 0 spiro atoms. The van der Waals surface area contributed by atoms with E-state index in [1.807, 2.05) is 41.0 Å². The Hall–Kier alpha value is -3.71. The van der Waals surface area contributed by atoms with E-state index in [-0.39, 0.29) is 5.91 Å². The molecule has 1 saturated heterocycles. The first-order valence-electron chi connectivity index (χ1n) is 11.8. The van der Waals surface area contributed by atoms with E-state index in [1.54, 1.807) is 19.6 Å². The second-order valence-corrected chi connectivity index (χ2v) is 9.92. The maximum atomic E-state index is 12.3. The summed E-state index contributed by atoms with van der Waals surface area (Å²) in [5, 5.41) is 6.21. The van der Waals surface area contributed by atoms with Crippen molar-refractivity contribution in [1.82, 2.24) is 24.4 Å². The number of anilines is 4. The van der Waals surface area contributed by atoms with E-state index in [1.165, 1.54) is 6.08 Å². The van der Waals surface area contributed by atoms with Crippen molar-refractivity contribution in [2.24, 2.45) is 0 Å². The van der Waals surface area contributed by atoms with Crippen molar-refractivity contribution in [3.63, 3.8) is 0 Å². The molecule has 190 valence electrons. The number of aromatic nitrogens is 4. The minimum atomic E-state index is -0.286. The average molecular weight is 610 g/mol. The number of fused-ring (bicyclic) bond motifs is 1. The number of hydrogen-bond acceptors (Lipinski definition) is 8. The molecule has 5 rings (SSSR count). The Kier molecular flexibility index (Phi) is 7.24. The SMILES string of the molecule is C=CC(=O)Nc1cc(Nc2ncc3ncn(-c4ccc(I)cc4)c3n2)c(OC)cc1N1CCN(C)CC1. The number of halogens is 1. The second-order valence-electron chi connectivity index (χ2n) is 8.67. The number of ether oxygens (including phenoxy) is 1. The Labute approximate surface area is 228 Å². The van der Waals surface area contributed by atoms with Gasteiger partial charge >= 0.3 is 0 Å². The molecule has 2 aromatic heterocycles. The number of benzene rings is 2. The van der Waals surface area contributed by atoms with Crippen LogP contribution in [0, 0.1) is 3.57 Å². The Balaban J connectivity index is 1.51. The summed E-state index contributed by atoms with van der Waals surface area (Å²) in [6.07, 6.45) is 4.67. The molecule has 1 aliphatic heterocycles. The van der Waals surface area contributed by atoms with Crippen LogP contribution < -0.4 is 20.3 Å². The van der Waals surface area contributed by atoms with Gasteiger partial charge in [0.25, 0.3) is 0 Å². The van der Waals surface area contributed by atoms with Gasteiger partial charge in [-0.3, -0.25) is 9.36 Å². The number of nitrogens with zero attached hydrogens (tertiary/aromatic N) is 6. The van der Waals surface area contributed by atoms with Crippen LogP contribution in [0.1, 0.15) is 0 Å². The molecule has 0 radical (unpaired) electrons. The zero-order valence-electron chi connectivity index (χ0n) is 20.6. The van der Waals surface area contributed by atoms with Gasteiger partial charge in [-0.2, -0.15) is 4.98 Å². The number of hydrogen-bond donors (Lipinski definition) is 2. The van der Waals surface area contributed by atoms with Gasteiger partial charge in [-0.05, 0) is 66.0 Å². The summed E-state index contributed by atoms with van der Waals surface area (Å²) in [6.45, 7) is 7.13. The van der Waals surface area contributed by atoms with Crippen molar-refractivity contribution in [1.29, 1.82) is 0 Å². The lowest BCUT2D eigenvalue weighted by atomic mass is 10.1. The molecule has 0 unspecified atom stereocenters. The first kappa shape index (κ1) is 25.0. The molecule has 0 saturated carbocycles. The number of amides is 1. The van der Waals surface area contributed by atoms with Crippen LogP contribution in [0.15, 0.2) is 61.6 Å². The molecule has 1 aliphatic rings. The lowest BCUT2D eigenvalue weighted by molar-refractivity contribution is -0.111. The van der Waals surface area contributed by atoms with Crippen LogP contribution in [0.4, 0.5) is 23.0 Å². The van der Waals surface area contributed by atoms with Crippen molar-refractivity contribution in [3.8, 4) is 11.4 Å². The molecule has 37 heavy (non-hydrogen) atoms. The van der Waals surface area contributed by atoms with E-state index < -0.39 is 0 Å². The van der Waals surface area contributed by atoms with Gasteiger partial charge < -0.3 is 25.2 Å². The highest BCUT2D eigenvalue weighted by Gasteiger charge is 2.21. The minimum Gasteiger partial charge on any atom is -0.494 e. The van der Waals surface area contributed by atoms with Gasteiger partial charge in [-0.1, -0.05) is 6.58 Å². The molecule has 11 heteroatoms. The summed E-state index contributed by atoms with van der Waals surface area (Å²) in [7, 11) is 3.72. The number of nitrogens with one attached hydrogen (secondary N) is 2. The molecule has 0 atom stereocenters. The molecule has 2 N–H and O–H groups in total. The molecule has 0 bridgehead atoms. The van der Waals surface area contributed by atoms with Crippen molar-refractivity contribution < 1.29 is 9.53 Å². The summed E-state index contributed by atoms with van der Waals surface area (Å²) in [4.78, 5) is 30.4. The number of carbonyl (C=O) groups excluding carboxylic acids is 1. The molecule has 1 amide bonds. The van der Waals surface area contributed by atoms with Gasteiger partial charge in [0, 0.05) is 41.5 Å². The van der Waals surface area contributed by atoms with Crippen LogP contribution in [0.2, 0.25) is 0 Å². The number of likely N-dealkylation sites (N-methyl/N-ethyl adjacent to an activating group) is 1. The van der Waals surface area contributed by atoms with Crippen molar-refractivity contribution in [2.75, 3.05) is 55.9 Å². The van der Waals surface area contributed by atoms with Gasteiger partial charge in [0.05, 0.1) is 30.4 Å². The van der Waals surface area contributed by atoms with E-state index >= 15 is 0 Å². The van der Waals surface area contributed by atoms with Crippen LogP contribution in [0.25, 0.3) is 16.9 Å². The molecular formula is C26H27IN8O2. The van der Waals surface area contributed by atoms with E-state index in [4.69, 9.17) is 9.72 Å². The number of methoxy groups -OCH3 is 1. The van der Waals surface area contributed by atoms with Crippen molar-refractivity contribution >= 4 is 62.7 Å². The maximum Gasteiger partial charge on any atom is 0.247 e. The third kappa shape index (κ3) is 5.37. The number of carbonyl (C=O) groups is 1. The number of rotatable bonds is 7. The van der Waals surface area contributed by atoms with Gasteiger partial charge in [0.1, 0.15) is 17.6 Å². The van der Waals surface area contributed by atoms with Crippen LogP contribution in [-0.4, -0.2) is 70.7 Å². The quantitative estimate of drug-likeness (QED) is 0.239. The largest absolute Gasteiger partial charge is 0.494 e. The Bertz CT molecular complexity index is 1450. The minimum absolute atomic E-state index is 0.286. The first-order chi connectivity index (χ1) is 17.9. The highest BCUT2D eigenvalue weighted by molar-refractivity contribution is 14.1. The molecule has 2 aromatic carbocycles. The van der Waals surface area contributed by atoms with Crippen LogP contribution in [0.3, 0.4) is 0 Å². The van der Waals surface area contributed by atoms with Crippen molar-refractivity contribution in [3.05, 3.63) is 65.1 Å². The highest BCUT2D eigenvalue weighted by atomic mass is 127. The van der Waals surface area contributed by atoms with Crippen LogP contribution in [0.5, 0.6) is 5.75 Å². The number of piperazine rings is 1. The predicted molar refractivity (Wildman–Crippen MR) is 154 cm³/mol. The van der Waals surface area contributed by atoms with Gasteiger partial charge in [0.2, 0.25) is 11.9 Å². The standard InChI is InChI=1S/C26H27IN8O2/c1-4-24(36)30-19-13-20(23(37-3)14-22(19)34-11-9-33(2)10-12-34)31-26-28-15-21-25(32-26)35(16-29-21)18-7-5-17(27)6-8-18/h4-8,13-16H,1,9-12H2,2-3H3,(H,30,36)(H,28,31,32). The fraction of sp³-hybridized carbons (Fsp3) is 0.231. The normalized spacial score (nSPS) is 14.0. The lowest BCUT2D eigenvalue weighted by Crippen LogP contribution is -2.44. The Morgan fingerprint density at radius 1 is 1.11 bits per heavy atom. The fourth-order valence-corrected chi connectivity index (χ4v) is 4.57. The number of imidazole rings is 1. The van der Waals surface area contributed by atoms with E-state index in [0.29, 0.717) is 34.2 Å². The molecular weight excluding hydrogens is 583 g/mol. The summed E-state index contributed by atoms with van der Waals surface area (Å²) in [5.74, 6) is 0.706. The molecule has 0 aliphatic carbocycles. The summed E-state index contributed by atoms with van der Waals surface area (Å²) in [6, 6.07) is 11.9. The van der Waals surface area contributed by atoms with Crippen molar-refractivity contribution in [2.45, 2.75) is 0 Å².